The highest BCUT2D eigenvalue weighted by Crippen LogP contribution is 2.46. The normalized spacial score (nSPS) is 20.0. The van der Waals surface area contributed by atoms with Crippen LogP contribution >= 0.6 is 0 Å². The smallest absolute Gasteiger partial charge is 0.253 e. The van der Waals surface area contributed by atoms with Crippen LogP contribution in [-0.2, 0) is 10.3 Å². The molecule has 2 aromatic rings. The molecule has 7 heteroatoms. The molecule has 178 valence electrons. The molecule has 2 aromatic carbocycles. The van der Waals surface area contributed by atoms with Crippen molar-refractivity contribution in [2.75, 3.05) is 13.1 Å². The Morgan fingerprint density at radius 1 is 1.18 bits per heavy atom. The molecule has 1 amide bonds. The Morgan fingerprint density at radius 3 is 2.48 bits per heavy atom. The third kappa shape index (κ3) is 4.89. The summed E-state index contributed by atoms with van der Waals surface area (Å²) in [5.41, 5.74) is -0.640. The van der Waals surface area contributed by atoms with Gasteiger partial charge in [0.2, 0.25) is 0 Å². The van der Waals surface area contributed by atoms with E-state index >= 15 is 0 Å². The second-order valence-electron chi connectivity index (χ2n) is 9.89. The Kier molecular flexibility index (Phi) is 6.22. The predicted molar refractivity (Wildman–Crippen MR) is 120 cm³/mol. The van der Waals surface area contributed by atoms with E-state index < -0.39 is 17.0 Å². The van der Waals surface area contributed by atoms with Crippen molar-refractivity contribution in [1.82, 2.24) is 4.90 Å². The molecule has 5 nitrogen and oxygen atoms in total. The topological polar surface area (TPSA) is 59.0 Å². The zero-order chi connectivity index (χ0) is 24.0. The van der Waals surface area contributed by atoms with Crippen molar-refractivity contribution >= 4 is 5.91 Å². The fourth-order valence-corrected chi connectivity index (χ4v) is 4.79. The summed E-state index contributed by atoms with van der Waals surface area (Å²) in [7, 11) is 0. The van der Waals surface area contributed by atoms with Crippen molar-refractivity contribution in [2.45, 2.75) is 70.4 Å². The molecule has 1 saturated heterocycles. The molecule has 1 atom stereocenters. The van der Waals surface area contributed by atoms with Gasteiger partial charge in [-0.25, -0.2) is 8.78 Å². The molecule has 0 aliphatic carbocycles. The summed E-state index contributed by atoms with van der Waals surface area (Å²) in [6.07, 6.45) is 1.56. The SMILES string of the molecule is CC(C)O[C@@H]1CC2(CCN(C(=O)c3ccc(C(C)(C)O)c(F)c3)CC2)Oc2cc(F)ccc21. The maximum atomic E-state index is 14.5. The first-order chi connectivity index (χ1) is 15.5. The lowest BCUT2D eigenvalue weighted by Gasteiger charge is -2.47. The number of nitrogens with zero attached hydrogens (tertiary/aromatic N) is 1. The number of ether oxygens (including phenoxy) is 2. The number of carbonyl (C=O) groups is 1. The van der Waals surface area contributed by atoms with Crippen LogP contribution in [0.2, 0.25) is 0 Å². The van der Waals surface area contributed by atoms with Gasteiger partial charge in [0, 0.05) is 55.1 Å². The number of benzene rings is 2. The Balaban J connectivity index is 1.50. The van der Waals surface area contributed by atoms with Crippen LogP contribution in [0, 0.1) is 11.6 Å². The van der Waals surface area contributed by atoms with E-state index in [1.54, 1.807) is 17.0 Å². The highest BCUT2D eigenvalue weighted by Gasteiger charge is 2.45. The first-order valence-corrected chi connectivity index (χ1v) is 11.4. The van der Waals surface area contributed by atoms with Crippen LogP contribution in [0.5, 0.6) is 5.75 Å². The summed E-state index contributed by atoms with van der Waals surface area (Å²) in [4.78, 5) is 14.7. The van der Waals surface area contributed by atoms with E-state index in [9.17, 15) is 18.7 Å². The Bertz CT molecular complexity index is 1040. The van der Waals surface area contributed by atoms with Gasteiger partial charge in [-0.3, -0.25) is 4.79 Å². The van der Waals surface area contributed by atoms with Gasteiger partial charge in [-0.1, -0.05) is 6.07 Å². The number of halogens is 2. The number of hydrogen-bond acceptors (Lipinski definition) is 4. The summed E-state index contributed by atoms with van der Waals surface area (Å²) in [5.74, 6) is -0.734. The van der Waals surface area contributed by atoms with Crippen LogP contribution in [0.15, 0.2) is 36.4 Å². The maximum absolute atomic E-state index is 14.5. The number of likely N-dealkylation sites (tertiary alicyclic amines) is 1. The van der Waals surface area contributed by atoms with Crippen LogP contribution in [-0.4, -0.2) is 40.7 Å². The number of piperidine rings is 1. The zero-order valence-electron chi connectivity index (χ0n) is 19.5. The second-order valence-corrected chi connectivity index (χ2v) is 9.89. The van der Waals surface area contributed by atoms with E-state index in [1.165, 1.54) is 38.1 Å². The molecule has 2 aliphatic rings. The summed E-state index contributed by atoms with van der Waals surface area (Å²) < 4.78 is 40.8. The molecule has 0 bridgehead atoms. The van der Waals surface area contributed by atoms with Crippen LogP contribution in [0.4, 0.5) is 8.78 Å². The lowest BCUT2D eigenvalue weighted by atomic mass is 9.81. The molecule has 0 unspecified atom stereocenters. The first-order valence-electron chi connectivity index (χ1n) is 11.4. The zero-order valence-corrected chi connectivity index (χ0v) is 19.5. The van der Waals surface area contributed by atoms with Gasteiger partial charge < -0.3 is 19.5 Å². The average Bonchev–Trinajstić information content (AvgIpc) is 2.72. The third-order valence-corrected chi connectivity index (χ3v) is 6.48. The van der Waals surface area contributed by atoms with Crippen LogP contribution < -0.4 is 4.74 Å². The first kappa shape index (κ1) is 23.6. The molecular formula is C26H31F2NO4. The molecule has 0 radical (unpaired) electrons. The molecule has 1 spiro atoms. The van der Waals surface area contributed by atoms with Crippen molar-refractivity contribution in [2.24, 2.45) is 0 Å². The average molecular weight is 460 g/mol. The lowest BCUT2D eigenvalue weighted by Crippen LogP contribution is -2.52. The van der Waals surface area contributed by atoms with Crippen LogP contribution in [0.3, 0.4) is 0 Å². The van der Waals surface area contributed by atoms with Gasteiger partial charge in [-0.15, -0.1) is 0 Å². The van der Waals surface area contributed by atoms with E-state index in [0.29, 0.717) is 38.1 Å². The fourth-order valence-electron chi connectivity index (χ4n) is 4.79. The fraction of sp³-hybridized carbons (Fsp3) is 0.500. The van der Waals surface area contributed by atoms with Crippen LogP contribution in [0.1, 0.15) is 74.5 Å². The number of aliphatic hydroxyl groups is 1. The van der Waals surface area contributed by atoms with Gasteiger partial charge in [0.1, 0.15) is 23.0 Å². The molecule has 1 N–H and O–H groups in total. The van der Waals surface area contributed by atoms with Gasteiger partial charge in [-0.2, -0.15) is 0 Å². The molecule has 2 heterocycles. The van der Waals surface area contributed by atoms with Crippen molar-refractivity contribution in [3.63, 3.8) is 0 Å². The summed E-state index contributed by atoms with van der Waals surface area (Å²) in [5, 5.41) is 10.1. The van der Waals surface area contributed by atoms with Gasteiger partial charge in [0.05, 0.1) is 17.8 Å². The molecule has 4 rings (SSSR count). The number of fused-ring (bicyclic) bond motifs is 1. The Morgan fingerprint density at radius 2 is 1.88 bits per heavy atom. The molecule has 0 aromatic heterocycles. The quantitative estimate of drug-likeness (QED) is 0.690. The van der Waals surface area contributed by atoms with Gasteiger partial charge in [-0.05, 0) is 52.0 Å². The van der Waals surface area contributed by atoms with Crippen molar-refractivity contribution in [1.29, 1.82) is 0 Å². The predicted octanol–water partition coefficient (Wildman–Crippen LogP) is 5.12. The molecule has 33 heavy (non-hydrogen) atoms. The Labute approximate surface area is 193 Å². The van der Waals surface area contributed by atoms with E-state index in [0.717, 1.165) is 5.56 Å². The number of rotatable bonds is 4. The molecule has 0 saturated carbocycles. The lowest BCUT2D eigenvalue weighted by molar-refractivity contribution is -0.0873. The molecular weight excluding hydrogens is 428 g/mol. The van der Waals surface area contributed by atoms with Gasteiger partial charge in [0.25, 0.3) is 5.91 Å². The second kappa shape index (κ2) is 8.69. The number of amides is 1. The van der Waals surface area contributed by atoms with Crippen LogP contribution in [0.25, 0.3) is 0 Å². The van der Waals surface area contributed by atoms with Crippen molar-refractivity contribution in [3.05, 3.63) is 64.7 Å². The maximum Gasteiger partial charge on any atom is 0.253 e. The minimum atomic E-state index is -1.33. The van der Waals surface area contributed by atoms with E-state index in [1.807, 2.05) is 13.8 Å². The van der Waals surface area contributed by atoms with Gasteiger partial charge >= 0.3 is 0 Å². The van der Waals surface area contributed by atoms with E-state index in [2.05, 4.69) is 0 Å². The van der Waals surface area contributed by atoms with E-state index in [-0.39, 0.29) is 35.1 Å². The summed E-state index contributed by atoms with van der Waals surface area (Å²) in [6.45, 7) is 7.81. The van der Waals surface area contributed by atoms with E-state index in [4.69, 9.17) is 9.47 Å². The van der Waals surface area contributed by atoms with Crippen molar-refractivity contribution in [3.8, 4) is 5.75 Å². The highest BCUT2D eigenvalue weighted by molar-refractivity contribution is 5.94. The minimum absolute atomic E-state index is 0.00601. The minimum Gasteiger partial charge on any atom is -0.487 e. The number of hydrogen-bond donors (Lipinski definition) is 1. The summed E-state index contributed by atoms with van der Waals surface area (Å²) in [6, 6.07) is 8.72. The number of carbonyl (C=O) groups excluding carboxylic acids is 1. The molecule has 1 fully saturated rings. The monoisotopic (exact) mass is 459 g/mol. The highest BCUT2D eigenvalue weighted by atomic mass is 19.1. The summed E-state index contributed by atoms with van der Waals surface area (Å²) >= 11 is 0. The largest absolute Gasteiger partial charge is 0.487 e. The standard InChI is InChI=1S/C26H31F2NO4/c1-16(2)32-23-15-26(33-22-14-18(27)6-7-19(22)23)9-11-29(12-10-26)24(30)17-5-8-20(21(28)13-17)25(3,4)31/h5-8,13-14,16,23,31H,9-12,15H2,1-4H3/t23-/m1/s1. The third-order valence-electron chi connectivity index (χ3n) is 6.48. The Hall–Kier alpha value is -2.51. The van der Waals surface area contributed by atoms with Crippen molar-refractivity contribution < 1.29 is 28.2 Å². The van der Waals surface area contributed by atoms with Gasteiger partial charge in [0.15, 0.2) is 0 Å². The molecule has 2 aliphatic heterocycles.